The standard InChI is InChI=1S/C17H30N4/c1-13(2)9-18-10-15-8-16(6-7-19-15)21-11-14(3)17(12-21)20(4)5/h6-8,13-14,17-18H,9-12H2,1-5H3. The van der Waals surface area contributed by atoms with E-state index in [1.54, 1.807) is 0 Å². The zero-order valence-corrected chi connectivity index (χ0v) is 14.1. The van der Waals surface area contributed by atoms with Crippen LogP contribution in [0.4, 0.5) is 5.69 Å². The van der Waals surface area contributed by atoms with Crippen molar-refractivity contribution >= 4 is 5.69 Å². The van der Waals surface area contributed by atoms with Gasteiger partial charge in [-0.15, -0.1) is 0 Å². The van der Waals surface area contributed by atoms with E-state index in [1.165, 1.54) is 5.69 Å². The van der Waals surface area contributed by atoms with Gasteiger partial charge in [-0.25, -0.2) is 0 Å². The topological polar surface area (TPSA) is 31.4 Å². The number of likely N-dealkylation sites (N-methyl/N-ethyl adjacent to an activating group) is 1. The summed E-state index contributed by atoms with van der Waals surface area (Å²) in [7, 11) is 4.36. The molecule has 1 aromatic heterocycles. The second-order valence-corrected chi connectivity index (χ2v) is 6.94. The van der Waals surface area contributed by atoms with Gasteiger partial charge in [0.25, 0.3) is 0 Å². The van der Waals surface area contributed by atoms with E-state index in [4.69, 9.17) is 0 Å². The molecule has 1 aromatic rings. The lowest BCUT2D eigenvalue weighted by molar-refractivity contribution is 0.266. The average molecular weight is 290 g/mol. The quantitative estimate of drug-likeness (QED) is 0.870. The number of nitrogens with one attached hydrogen (secondary N) is 1. The number of aromatic nitrogens is 1. The molecule has 0 aromatic carbocycles. The SMILES string of the molecule is CC(C)CNCc1cc(N2CC(C)C(N(C)C)C2)ccn1. The molecule has 118 valence electrons. The third-order valence-electron chi connectivity index (χ3n) is 4.26. The predicted molar refractivity (Wildman–Crippen MR) is 89.6 cm³/mol. The minimum atomic E-state index is 0.640. The lowest BCUT2D eigenvalue weighted by Gasteiger charge is -2.23. The maximum atomic E-state index is 4.48. The van der Waals surface area contributed by atoms with E-state index < -0.39 is 0 Å². The Bertz CT molecular complexity index is 444. The normalized spacial score (nSPS) is 22.5. The van der Waals surface area contributed by atoms with Crippen molar-refractivity contribution in [2.24, 2.45) is 11.8 Å². The molecule has 4 nitrogen and oxygen atoms in total. The molecule has 1 saturated heterocycles. The molecule has 4 heteroatoms. The molecular formula is C17H30N4. The molecule has 0 amide bonds. The third kappa shape index (κ3) is 4.42. The van der Waals surface area contributed by atoms with Gasteiger partial charge in [0.2, 0.25) is 0 Å². The first-order valence-electron chi connectivity index (χ1n) is 8.04. The minimum absolute atomic E-state index is 0.640. The molecule has 2 atom stereocenters. The summed E-state index contributed by atoms with van der Waals surface area (Å²) in [5, 5.41) is 3.47. The smallest absolute Gasteiger partial charge is 0.0562 e. The Labute approximate surface area is 129 Å². The fourth-order valence-electron chi connectivity index (χ4n) is 3.08. The van der Waals surface area contributed by atoms with E-state index in [1.807, 2.05) is 6.20 Å². The Kier molecular flexibility index (Phi) is 5.59. The van der Waals surface area contributed by atoms with Gasteiger partial charge in [0.1, 0.15) is 0 Å². The van der Waals surface area contributed by atoms with Gasteiger partial charge in [0, 0.05) is 37.6 Å². The van der Waals surface area contributed by atoms with Crippen LogP contribution in [0.5, 0.6) is 0 Å². The highest BCUT2D eigenvalue weighted by Gasteiger charge is 2.31. The van der Waals surface area contributed by atoms with Crippen LogP contribution in [0.2, 0.25) is 0 Å². The van der Waals surface area contributed by atoms with Gasteiger partial charge in [0.05, 0.1) is 5.69 Å². The van der Waals surface area contributed by atoms with Crippen LogP contribution in [-0.2, 0) is 6.54 Å². The van der Waals surface area contributed by atoms with Crippen molar-refractivity contribution in [3.8, 4) is 0 Å². The summed E-state index contributed by atoms with van der Waals surface area (Å²) in [6.07, 6.45) is 1.94. The van der Waals surface area contributed by atoms with Crippen LogP contribution in [-0.4, -0.2) is 49.7 Å². The summed E-state index contributed by atoms with van der Waals surface area (Å²) in [6.45, 7) is 10.9. The van der Waals surface area contributed by atoms with Gasteiger partial charge < -0.3 is 15.1 Å². The predicted octanol–water partition coefficient (Wildman–Crippen LogP) is 2.21. The highest BCUT2D eigenvalue weighted by Crippen LogP contribution is 2.26. The zero-order chi connectivity index (χ0) is 15.4. The lowest BCUT2D eigenvalue weighted by atomic mass is 10.1. The highest BCUT2D eigenvalue weighted by atomic mass is 15.2. The highest BCUT2D eigenvalue weighted by molar-refractivity contribution is 5.48. The maximum Gasteiger partial charge on any atom is 0.0562 e. The van der Waals surface area contributed by atoms with Gasteiger partial charge in [-0.1, -0.05) is 20.8 Å². The number of pyridine rings is 1. The summed E-state index contributed by atoms with van der Waals surface area (Å²) in [5.74, 6) is 1.38. The van der Waals surface area contributed by atoms with Gasteiger partial charge in [-0.05, 0) is 44.6 Å². The van der Waals surface area contributed by atoms with Crippen molar-refractivity contribution in [1.29, 1.82) is 0 Å². The molecule has 2 unspecified atom stereocenters. The van der Waals surface area contributed by atoms with Gasteiger partial charge in [-0.3, -0.25) is 4.98 Å². The number of anilines is 1. The molecule has 1 N–H and O–H groups in total. The Hall–Kier alpha value is -1.13. The van der Waals surface area contributed by atoms with Crippen LogP contribution in [0.1, 0.15) is 26.5 Å². The van der Waals surface area contributed by atoms with Crippen molar-refractivity contribution in [2.45, 2.75) is 33.4 Å². The van der Waals surface area contributed by atoms with E-state index in [0.29, 0.717) is 17.9 Å². The molecule has 0 spiro atoms. The van der Waals surface area contributed by atoms with E-state index in [9.17, 15) is 0 Å². The van der Waals surface area contributed by atoms with E-state index >= 15 is 0 Å². The van der Waals surface area contributed by atoms with Crippen LogP contribution >= 0.6 is 0 Å². The molecule has 21 heavy (non-hydrogen) atoms. The Morgan fingerprint density at radius 3 is 2.76 bits per heavy atom. The second-order valence-electron chi connectivity index (χ2n) is 6.94. The van der Waals surface area contributed by atoms with Crippen LogP contribution in [0.15, 0.2) is 18.3 Å². The van der Waals surface area contributed by atoms with Crippen LogP contribution in [0.25, 0.3) is 0 Å². The molecule has 1 aliphatic rings. The first-order chi connectivity index (χ1) is 9.97. The van der Waals surface area contributed by atoms with Crippen molar-refractivity contribution < 1.29 is 0 Å². The fourth-order valence-corrected chi connectivity index (χ4v) is 3.08. The van der Waals surface area contributed by atoms with Crippen LogP contribution in [0.3, 0.4) is 0 Å². The summed E-state index contributed by atoms with van der Waals surface area (Å²) in [4.78, 5) is 9.31. The summed E-state index contributed by atoms with van der Waals surface area (Å²) in [6, 6.07) is 5.01. The Balaban J connectivity index is 1.98. The molecule has 1 aliphatic heterocycles. The number of hydrogen-bond acceptors (Lipinski definition) is 4. The largest absolute Gasteiger partial charge is 0.370 e. The summed E-state index contributed by atoms with van der Waals surface area (Å²) >= 11 is 0. The van der Waals surface area contributed by atoms with Crippen molar-refractivity contribution in [1.82, 2.24) is 15.2 Å². The first-order valence-corrected chi connectivity index (χ1v) is 8.04. The minimum Gasteiger partial charge on any atom is -0.370 e. The molecule has 2 rings (SSSR count). The molecule has 0 saturated carbocycles. The van der Waals surface area contributed by atoms with Gasteiger partial charge in [0.15, 0.2) is 0 Å². The van der Waals surface area contributed by atoms with Crippen molar-refractivity contribution in [3.05, 3.63) is 24.0 Å². The fraction of sp³-hybridized carbons (Fsp3) is 0.706. The molecule has 0 radical (unpaired) electrons. The van der Waals surface area contributed by atoms with Crippen molar-refractivity contribution in [2.75, 3.05) is 38.6 Å². The number of hydrogen-bond donors (Lipinski definition) is 1. The van der Waals surface area contributed by atoms with Crippen LogP contribution in [0, 0.1) is 11.8 Å². The zero-order valence-electron chi connectivity index (χ0n) is 14.1. The maximum absolute atomic E-state index is 4.48. The third-order valence-corrected chi connectivity index (χ3v) is 4.26. The second kappa shape index (κ2) is 7.23. The average Bonchev–Trinajstić information content (AvgIpc) is 2.81. The van der Waals surface area contributed by atoms with Gasteiger partial charge >= 0.3 is 0 Å². The van der Waals surface area contributed by atoms with Crippen molar-refractivity contribution in [3.63, 3.8) is 0 Å². The van der Waals surface area contributed by atoms with Gasteiger partial charge in [-0.2, -0.15) is 0 Å². The first kappa shape index (κ1) is 16.2. The van der Waals surface area contributed by atoms with E-state index in [2.05, 4.69) is 67.1 Å². The molecule has 0 aliphatic carbocycles. The molecular weight excluding hydrogens is 260 g/mol. The monoisotopic (exact) mass is 290 g/mol. The molecule has 2 heterocycles. The Morgan fingerprint density at radius 2 is 2.14 bits per heavy atom. The summed E-state index contributed by atoms with van der Waals surface area (Å²) < 4.78 is 0. The molecule has 0 bridgehead atoms. The lowest BCUT2D eigenvalue weighted by Crippen LogP contribution is -2.34. The number of rotatable bonds is 6. The van der Waals surface area contributed by atoms with E-state index in [-0.39, 0.29) is 0 Å². The summed E-state index contributed by atoms with van der Waals surface area (Å²) in [5.41, 5.74) is 2.44. The molecule has 1 fully saturated rings. The number of nitrogens with zero attached hydrogens (tertiary/aromatic N) is 3. The van der Waals surface area contributed by atoms with E-state index in [0.717, 1.165) is 31.9 Å². The van der Waals surface area contributed by atoms with Crippen LogP contribution < -0.4 is 10.2 Å². The Morgan fingerprint density at radius 1 is 1.38 bits per heavy atom.